The third kappa shape index (κ3) is 2.79. The number of rotatable bonds is 4. The SMILES string of the molecule is O=C(O)CCc1noc(C2CCNCC2)n1. The van der Waals surface area contributed by atoms with Crippen LogP contribution in [0.3, 0.4) is 0 Å². The monoisotopic (exact) mass is 225 g/mol. The minimum atomic E-state index is -0.840. The number of aryl methyl sites for hydroxylation is 1. The molecule has 1 aliphatic heterocycles. The first-order valence-electron chi connectivity index (χ1n) is 5.50. The Hall–Kier alpha value is -1.43. The van der Waals surface area contributed by atoms with Crippen molar-refractivity contribution in [3.8, 4) is 0 Å². The van der Waals surface area contributed by atoms with Crippen molar-refractivity contribution in [1.82, 2.24) is 15.5 Å². The Morgan fingerprint density at radius 1 is 1.50 bits per heavy atom. The zero-order valence-electron chi connectivity index (χ0n) is 8.98. The van der Waals surface area contributed by atoms with Crippen LogP contribution in [0.2, 0.25) is 0 Å². The molecule has 2 N–H and O–H groups in total. The number of carboxylic acid groups (broad SMARTS) is 1. The number of aromatic nitrogens is 2. The number of nitrogens with zero attached hydrogens (tertiary/aromatic N) is 2. The summed E-state index contributed by atoms with van der Waals surface area (Å²) in [6, 6.07) is 0. The molecule has 1 aromatic rings. The van der Waals surface area contributed by atoms with Gasteiger partial charge in [-0.05, 0) is 25.9 Å². The molecule has 1 aliphatic rings. The van der Waals surface area contributed by atoms with Crippen molar-refractivity contribution in [2.24, 2.45) is 0 Å². The predicted octanol–water partition coefficient (Wildman–Crippen LogP) is 0.554. The van der Waals surface area contributed by atoms with Gasteiger partial charge in [0.25, 0.3) is 0 Å². The van der Waals surface area contributed by atoms with Gasteiger partial charge in [-0.1, -0.05) is 5.16 Å². The number of hydrogen-bond acceptors (Lipinski definition) is 5. The van der Waals surface area contributed by atoms with Crippen molar-refractivity contribution in [3.05, 3.63) is 11.7 Å². The molecular weight excluding hydrogens is 210 g/mol. The van der Waals surface area contributed by atoms with E-state index >= 15 is 0 Å². The van der Waals surface area contributed by atoms with Gasteiger partial charge in [-0.15, -0.1) is 0 Å². The Morgan fingerprint density at radius 3 is 2.94 bits per heavy atom. The van der Waals surface area contributed by atoms with E-state index in [-0.39, 0.29) is 6.42 Å². The average Bonchev–Trinajstić information content (AvgIpc) is 2.76. The molecule has 0 amide bonds. The molecule has 6 nitrogen and oxygen atoms in total. The van der Waals surface area contributed by atoms with Crippen LogP contribution >= 0.6 is 0 Å². The number of hydrogen-bond donors (Lipinski definition) is 2. The first-order valence-corrected chi connectivity index (χ1v) is 5.50. The van der Waals surface area contributed by atoms with E-state index in [1.54, 1.807) is 0 Å². The standard InChI is InChI=1S/C10H15N3O3/c14-9(15)2-1-8-12-10(16-13-8)7-3-5-11-6-4-7/h7,11H,1-6H2,(H,14,15). The first kappa shape index (κ1) is 11.1. The van der Waals surface area contributed by atoms with Crippen LogP contribution in [0.5, 0.6) is 0 Å². The van der Waals surface area contributed by atoms with E-state index in [1.165, 1.54) is 0 Å². The smallest absolute Gasteiger partial charge is 0.303 e. The Morgan fingerprint density at radius 2 is 2.25 bits per heavy atom. The number of aliphatic carboxylic acids is 1. The van der Waals surface area contributed by atoms with Gasteiger partial charge in [0.1, 0.15) is 0 Å². The zero-order chi connectivity index (χ0) is 11.4. The van der Waals surface area contributed by atoms with E-state index in [0.717, 1.165) is 25.9 Å². The van der Waals surface area contributed by atoms with Crippen LogP contribution in [0, 0.1) is 0 Å². The molecule has 2 rings (SSSR count). The quantitative estimate of drug-likeness (QED) is 0.778. The highest BCUT2D eigenvalue weighted by atomic mass is 16.5. The van der Waals surface area contributed by atoms with Crippen LogP contribution in [-0.4, -0.2) is 34.3 Å². The molecule has 16 heavy (non-hydrogen) atoms. The van der Waals surface area contributed by atoms with Crippen molar-refractivity contribution in [2.75, 3.05) is 13.1 Å². The maximum Gasteiger partial charge on any atom is 0.303 e. The molecule has 0 unspecified atom stereocenters. The summed E-state index contributed by atoms with van der Waals surface area (Å²) in [7, 11) is 0. The summed E-state index contributed by atoms with van der Waals surface area (Å²) < 4.78 is 5.15. The maximum atomic E-state index is 10.4. The average molecular weight is 225 g/mol. The van der Waals surface area contributed by atoms with Crippen molar-refractivity contribution in [1.29, 1.82) is 0 Å². The van der Waals surface area contributed by atoms with Gasteiger partial charge in [-0.25, -0.2) is 0 Å². The topological polar surface area (TPSA) is 88.2 Å². The molecule has 0 bridgehead atoms. The van der Waals surface area contributed by atoms with E-state index in [9.17, 15) is 4.79 Å². The summed E-state index contributed by atoms with van der Waals surface area (Å²) >= 11 is 0. The van der Waals surface area contributed by atoms with Crippen molar-refractivity contribution < 1.29 is 14.4 Å². The third-order valence-corrected chi connectivity index (χ3v) is 2.73. The zero-order valence-corrected chi connectivity index (χ0v) is 8.98. The molecule has 1 saturated heterocycles. The van der Waals surface area contributed by atoms with E-state index in [1.807, 2.05) is 0 Å². The molecule has 1 aromatic heterocycles. The fourth-order valence-corrected chi connectivity index (χ4v) is 1.82. The van der Waals surface area contributed by atoms with E-state index in [2.05, 4.69) is 15.5 Å². The van der Waals surface area contributed by atoms with Gasteiger partial charge in [-0.2, -0.15) is 4.98 Å². The van der Waals surface area contributed by atoms with Crippen LogP contribution in [0.1, 0.15) is 36.9 Å². The van der Waals surface area contributed by atoms with E-state index < -0.39 is 5.97 Å². The van der Waals surface area contributed by atoms with E-state index in [0.29, 0.717) is 24.1 Å². The Labute approximate surface area is 93.0 Å². The molecule has 0 aromatic carbocycles. The summed E-state index contributed by atoms with van der Waals surface area (Å²) in [6.07, 6.45) is 2.39. The van der Waals surface area contributed by atoms with Crippen molar-refractivity contribution in [3.63, 3.8) is 0 Å². The Bertz CT molecular complexity index is 358. The van der Waals surface area contributed by atoms with Crippen LogP contribution in [0.15, 0.2) is 4.52 Å². The van der Waals surface area contributed by atoms with Gasteiger partial charge in [0.15, 0.2) is 5.82 Å². The lowest BCUT2D eigenvalue weighted by molar-refractivity contribution is -0.137. The molecule has 1 fully saturated rings. The van der Waals surface area contributed by atoms with Gasteiger partial charge in [-0.3, -0.25) is 4.79 Å². The normalized spacial score (nSPS) is 17.5. The highest BCUT2D eigenvalue weighted by molar-refractivity contribution is 5.66. The number of nitrogens with one attached hydrogen (secondary N) is 1. The second-order valence-corrected chi connectivity index (χ2v) is 3.97. The Balaban J connectivity index is 1.93. The fourth-order valence-electron chi connectivity index (χ4n) is 1.82. The van der Waals surface area contributed by atoms with Crippen molar-refractivity contribution >= 4 is 5.97 Å². The summed E-state index contributed by atoms with van der Waals surface area (Å²) in [4.78, 5) is 14.6. The third-order valence-electron chi connectivity index (χ3n) is 2.73. The second-order valence-electron chi connectivity index (χ2n) is 3.97. The molecule has 0 radical (unpaired) electrons. The van der Waals surface area contributed by atoms with Crippen LogP contribution in [0.4, 0.5) is 0 Å². The highest BCUT2D eigenvalue weighted by Crippen LogP contribution is 2.23. The minimum absolute atomic E-state index is 0.0468. The summed E-state index contributed by atoms with van der Waals surface area (Å²) in [5.74, 6) is 0.637. The number of carbonyl (C=O) groups is 1. The van der Waals surface area contributed by atoms with Crippen LogP contribution < -0.4 is 5.32 Å². The molecule has 0 spiro atoms. The Kier molecular flexibility index (Phi) is 3.51. The number of carboxylic acids is 1. The first-order chi connectivity index (χ1) is 7.75. The minimum Gasteiger partial charge on any atom is -0.481 e. The predicted molar refractivity (Wildman–Crippen MR) is 55.1 cm³/mol. The molecule has 2 heterocycles. The largest absolute Gasteiger partial charge is 0.481 e. The maximum absolute atomic E-state index is 10.4. The van der Waals surface area contributed by atoms with Crippen LogP contribution in [-0.2, 0) is 11.2 Å². The van der Waals surface area contributed by atoms with Crippen LogP contribution in [0.25, 0.3) is 0 Å². The van der Waals surface area contributed by atoms with Gasteiger partial charge in [0.2, 0.25) is 5.89 Å². The lowest BCUT2D eigenvalue weighted by Crippen LogP contribution is -2.26. The second kappa shape index (κ2) is 5.07. The van der Waals surface area contributed by atoms with Gasteiger partial charge in [0.05, 0.1) is 6.42 Å². The molecule has 6 heteroatoms. The van der Waals surface area contributed by atoms with Crippen molar-refractivity contribution in [2.45, 2.75) is 31.6 Å². The van der Waals surface area contributed by atoms with Gasteiger partial charge < -0.3 is 14.9 Å². The molecule has 88 valence electrons. The van der Waals surface area contributed by atoms with Gasteiger partial charge in [0, 0.05) is 12.3 Å². The lowest BCUT2D eigenvalue weighted by atomic mass is 9.98. The molecule has 0 aliphatic carbocycles. The highest BCUT2D eigenvalue weighted by Gasteiger charge is 2.21. The molecule has 0 atom stereocenters. The van der Waals surface area contributed by atoms with E-state index in [4.69, 9.17) is 9.63 Å². The summed E-state index contributed by atoms with van der Waals surface area (Å²) in [5.41, 5.74) is 0. The number of piperidine rings is 1. The molecular formula is C10H15N3O3. The van der Waals surface area contributed by atoms with Gasteiger partial charge >= 0.3 is 5.97 Å². The molecule has 0 saturated carbocycles. The fraction of sp³-hybridized carbons (Fsp3) is 0.700. The summed E-state index contributed by atoms with van der Waals surface area (Å²) in [5, 5.41) is 15.6. The summed E-state index contributed by atoms with van der Waals surface area (Å²) in [6.45, 7) is 1.94. The lowest BCUT2D eigenvalue weighted by Gasteiger charge is -2.18.